The summed E-state index contributed by atoms with van der Waals surface area (Å²) in [6.07, 6.45) is -12.5. The Balaban J connectivity index is 1.34. The Morgan fingerprint density at radius 1 is 0.426 bits per heavy atom. The van der Waals surface area contributed by atoms with Crippen molar-refractivity contribution in [1.29, 1.82) is 0 Å². The van der Waals surface area contributed by atoms with Crippen LogP contribution in [0, 0.1) is 17.3 Å². The first kappa shape index (κ1) is 99.6. The van der Waals surface area contributed by atoms with Gasteiger partial charge in [-0.05, 0) is 71.6 Å². The number of hydrogen-bond acceptors (Lipinski definition) is 34. The fraction of sp³-hybridized carbons (Fsp3) is 0.984. The molecule has 46 heteroatoms. The molecule has 4 rings (SSSR count). The highest BCUT2D eigenvalue weighted by atomic mass is 31.2. The molecule has 108 heavy (non-hydrogen) atoms. The standard InChI is InChI=1S/C62H121FNO39P5/c1-42-51(69)53(71)46(34-65)100-58(42)88-25-13-7-10-16-28-91-105(77,78)94-31-19-22-85-38-62(41-98-108(83,84)97-37-49-57(103-104(6,75)76)61(5,63)44(3)99-49,39-86-23-20-32-95-106(79,80)92-29-17-11-8-14-26-89-59-43(2)52(70)54(72)47(35-66)101-59)40-87-24-21-33-96-107(81,82)93-30-18-12-9-15-27-90-60-50(64-45(4)68)56(74)55(73)48(36-67)102-60/h42-44,46-60,65-67,69-74H,7-41H2,1-6H3,(H,64,68)(H,75,76)(H,77,78)(H,79,80)(H,81,82)(H,83,84)/t42?,43?,44-,46?,47?,48?,49+,50?,51+,52+,53-,54-,55-,56+,57+,58+,59+,60+,61?,62?/m0/s1. The Bertz CT molecular complexity index is 2650. The zero-order chi connectivity index (χ0) is 80.4. The molecule has 0 radical (unpaired) electrons. The van der Waals surface area contributed by atoms with Gasteiger partial charge in [0.2, 0.25) is 5.91 Å². The maximum atomic E-state index is 15.8. The lowest BCUT2D eigenvalue weighted by Gasteiger charge is -2.42. The summed E-state index contributed by atoms with van der Waals surface area (Å²) in [6, 6.07) is -1.11. The highest BCUT2D eigenvalue weighted by Gasteiger charge is 2.56. The maximum Gasteiger partial charge on any atom is 0.472 e. The van der Waals surface area contributed by atoms with Crippen molar-refractivity contribution < 1.29 is 191 Å². The predicted molar refractivity (Wildman–Crippen MR) is 373 cm³/mol. The topological polar surface area (TPSA) is 573 Å². The molecule has 15 N–H and O–H groups in total. The Hall–Kier alpha value is -0.770. The Labute approximate surface area is 629 Å². The molecule has 12 unspecified atom stereocenters. The van der Waals surface area contributed by atoms with Crippen LogP contribution in [0.15, 0.2) is 0 Å². The van der Waals surface area contributed by atoms with E-state index in [4.69, 9.17) is 88.1 Å². The van der Waals surface area contributed by atoms with Crippen LogP contribution in [0.2, 0.25) is 0 Å². The molecular weight excluding hydrogens is 1560 g/mol. The van der Waals surface area contributed by atoms with Gasteiger partial charge in [0.1, 0.15) is 61.0 Å². The van der Waals surface area contributed by atoms with Crippen molar-refractivity contribution in [3.05, 3.63) is 0 Å². The second-order valence-corrected chi connectivity index (χ2v) is 35.0. The molecule has 4 aliphatic rings. The van der Waals surface area contributed by atoms with Crippen LogP contribution >= 0.6 is 38.9 Å². The summed E-state index contributed by atoms with van der Waals surface area (Å²) in [7, 11) is -23.4. The Morgan fingerprint density at radius 3 is 1.10 bits per heavy atom. The van der Waals surface area contributed by atoms with Crippen molar-refractivity contribution in [1.82, 2.24) is 5.32 Å². The normalized spacial score (nSPS) is 32.5. The third kappa shape index (κ3) is 36.8. The first-order valence-corrected chi connectivity index (χ1v) is 44.4. The largest absolute Gasteiger partial charge is 0.472 e. The number of aliphatic hydroxyl groups excluding tert-OH is 9. The number of alkyl halides is 1. The Morgan fingerprint density at radius 2 is 0.750 bits per heavy atom. The number of hydrogen-bond donors (Lipinski definition) is 15. The van der Waals surface area contributed by atoms with Crippen molar-refractivity contribution in [2.24, 2.45) is 17.3 Å². The molecule has 1 amide bonds. The van der Waals surface area contributed by atoms with E-state index >= 15 is 4.39 Å². The summed E-state index contributed by atoms with van der Waals surface area (Å²) in [6.45, 7) is 1.30. The molecule has 24 atom stereocenters. The first-order chi connectivity index (χ1) is 50.8. The van der Waals surface area contributed by atoms with Gasteiger partial charge < -0.3 is 123 Å². The minimum atomic E-state index is -5.23. The van der Waals surface area contributed by atoms with E-state index in [0.717, 1.165) is 13.6 Å². The molecule has 0 aromatic carbocycles. The van der Waals surface area contributed by atoms with E-state index in [1.54, 1.807) is 13.8 Å². The van der Waals surface area contributed by atoms with E-state index in [0.29, 0.717) is 77.0 Å². The van der Waals surface area contributed by atoms with E-state index in [2.05, 4.69) is 5.32 Å². The number of nitrogens with one attached hydrogen (secondary N) is 1. The minimum Gasteiger partial charge on any atom is -0.394 e. The van der Waals surface area contributed by atoms with E-state index in [-0.39, 0.29) is 91.9 Å². The SMILES string of the molecule is CC(=O)NC1[C@H](OCCCCCCOP(=O)(O)OCCCOCC(COCCCOP(=O)(O)OCCCCCCO[C@@H]2OC(CO)[C@H](O)[C@H](O)C2C)(COCCCOP(=O)(O)OCCCCCCO[C@@H]2OC(CO)[C@H](O)[C@H](O)C2C)COP(=O)(O)OC[C@H]2O[C@@H](C)C(C)(F)[C@@H]2OP(C)(=O)O)OC(CO)[C@H](O)[C@@H]1O. The lowest BCUT2D eigenvalue weighted by atomic mass is 9.92. The van der Waals surface area contributed by atoms with Crippen LogP contribution in [0.5, 0.6) is 0 Å². The van der Waals surface area contributed by atoms with E-state index < -0.39 is 225 Å². The number of phosphoric ester groups is 4. The van der Waals surface area contributed by atoms with Gasteiger partial charge in [-0.25, -0.2) is 22.7 Å². The molecule has 640 valence electrons. The quantitative estimate of drug-likeness (QED) is 0.0307. The summed E-state index contributed by atoms with van der Waals surface area (Å²) >= 11 is 0. The number of phosphoric acid groups is 4. The summed E-state index contributed by atoms with van der Waals surface area (Å²) in [5.41, 5.74) is -3.99. The zero-order valence-corrected chi connectivity index (χ0v) is 66.7. The fourth-order valence-corrected chi connectivity index (χ4v) is 15.5. The molecule has 4 fully saturated rings. The number of halogens is 1. The van der Waals surface area contributed by atoms with Crippen LogP contribution in [-0.2, 0) is 116 Å². The highest BCUT2D eigenvalue weighted by molar-refractivity contribution is 7.52. The van der Waals surface area contributed by atoms with Crippen molar-refractivity contribution in [2.75, 3.05) is 139 Å². The van der Waals surface area contributed by atoms with Crippen LogP contribution in [0.4, 0.5) is 4.39 Å². The summed E-state index contributed by atoms with van der Waals surface area (Å²) in [5, 5.41) is 92.5. The molecule has 0 bridgehead atoms. The molecule has 0 aromatic rings. The smallest absolute Gasteiger partial charge is 0.394 e. The van der Waals surface area contributed by atoms with Gasteiger partial charge in [0.15, 0.2) is 24.5 Å². The van der Waals surface area contributed by atoms with Crippen LogP contribution in [-0.4, -0.2) is 319 Å². The average molecular weight is 1680 g/mol. The van der Waals surface area contributed by atoms with Gasteiger partial charge in [0.25, 0.3) is 0 Å². The highest BCUT2D eigenvalue weighted by Crippen LogP contribution is 2.51. The van der Waals surface area contributed by atoms with Crippen LogP contribution in [0.1, 0.15) is 131 Å². The molecule has 4 heterocycles. The first-order valence-electron chi connectivity index (χ1n) is 36.4. The number of aliphatic hydroxyl groups is 9. The maximum absolute atomic E-state index is 15.8. The molecule has 0 saturated carbocycles. The number of amides is 1. The average Bonchev–Trinajstić information content (AvgIpc) is 1.62. The number of unbranched alkanes of at least 4 members (excludes halogenated alkanes) is 9. The minimum absolute atomic E-state index is 0.0415. The summed E-state index contributed by atoms with van der Waals surface area (Å²) in [4.78, 5) is 64.1. The predicted octanol–water partition coefficient (Wildman–Crippen LogP) is 2.27. The number of ether oxygens (including phenoxy) is 10. The van der Waals surface area contributed by atoms with Crippen molar-refractivity contribution in [3.63, 3.8) is 0 Å². The van der Waals surface area contributed by atoms with E-state index in [9.17, 15) is 98.0 Å². The van der Waals surface area contributed by atoms with Gasteiger partial charge in [0, 0.05) is 65.1 Å². The Kier molecular flexibility index (Phi) is 46.2. The van der Waals surface area contributed by atoms with E-state index in [1.807, 2.05) is 0 Å². The molecule has 0 aliphatic carbocycles. The van der Waals surface area contributed by atoms with Crippen molar-refractivity contribution >= 4 is 44.8 Å². The summed E-state index contributed by atoms with van der Waals surface area (Å²) in [5.74, 6) is -1.63. The van der Waals surface area contributed by atoms with Gasteiger partial charge in [-0.3, -0.25) is 50.1 Å². The van der Waals surface area contributed by atoms with Crippen molar-refractivity contribution in [2.45, 2.75) is 235 Å². The molecule has 40 nitrogen and oxygen atoms in total. The van der Waals surface area contributed by atoms with Crippen LogP contribution in [0.25, 0.3) is 0 Å². The second-order valence-electron chi connectivity index (χ2n) is 27.4. The molecule has 0 spiro atoms. The van der Waals surface area contributed by atoms with Crippen LogP contribution < -0.4 is 5.32 Å². The lowest BCUT2D eigenvalue weighted by Crippen LogP contribution is -2.64. The third-order valence-corrected chi connectivity index (χ3v) is 22.6. The zero-order valence-electron chi connectivity index (χ0n) is 62.2. The molecular formula is C62H121FNO39P5. The second kappa shape index (κ2) is 50.1. The van der Waals surface area contributed by atoms with Crippen molar-refractivity contribution in [3.8, 4) is 0 Å². The number of rotatable bonds is 60. The lowest BCUT2D eigenvalue weighted by molar-refractivity contribution is -0.282. The molecule has 0 aromatic heterocycles. The van der Waals surface area contributed by atoms with Crippen LogP contribution in [0.3, 0.4) is 0 Å². The fourth-order valence-electron chi connectivity index (χ4n) is 11.5. The third-order valence-electron chi connectivity index (χ3n) is 18.0. The van der Waals surface area contributed by atoms with Gasteiger partial charge >= 0.3 is 38.9 Å². The van der Waals surface area contributed by atoms with E-state index in [1.165, 1.54) is 13.8 Å². The molecule has 4 aliphatic heterocycles. The number of carbonyl (C=O) groups excluding carboxylic acids is 1. The number of carbonyl (C=O) groups is 1. The van der Waals surface area contributed by atoms with Gasteiger partial charge in [-0.1, -0.05) is 52.4 Å². The van der Waals surface area contributed by atoms with Gasteiger partial charge in [-0.15, -0.1) is 0 Å². The monoisotopic (exact) mass is 1680 g/mol. The van der Waals surface area contributed by atoms with Gasteiger partial charge in [-0.2, -0.15) is 0 Å². The van der Waals surface area contributed by atoms with Gasteiger partial charge in [0.05, 0.1) is 116 Å². The summed E-state index contributed by atoms with van der Waals surface area (Å²) < 4.78 is 184. The molecule has 4 saturated heterocycles.